The fourth-order valence-electron chi connectivity index (χ4n) is 7.89. The van der Waals surface area contributed by atoms with Gasteiger partial charge in [-0.05, 0) is 121 Å². The summed E-state index contributed by atoms with van der Waals surface area (Å²) in [7, 11) is 0. The molecule has 1 aliphatic heterocycles. The predicted octanol–water partition coefficient (Wildman–Crippen LogP) is 9.58. The molecule has 6 nitrogen and oxygen atoms in total. The molecule has 0 N–H and O–H groups in total. The van der Waals surface area contributed by atoms with Crippen LogP contribution in [0.25, 0.3) is 6.08 Å². The lowest BCUT2D eigenvalue weighted by Gasteiger charge is -2.39. The van der Waals surface area contributed by atoms with Crippen molar-refractivity contribution in [1.29, 1.82) is 0 Å². The van der Waals surface area contributed by atoms with Crippen LogP contribution in [0.5, 0.6) is 17.2 Å². The first kappa shape index (κ1) is 33.0. The van der Waals surface area contributed by atoms with Gasteiger partial charge in [0.1, 0.15) is 18.1 Å². The predicted molar refractivity (Wildman–Crippen MR) is 197 cm³/mol. The van der Waals surface area contributed by atoms with E-state index in [2.05, 4.69) is 62.0 Å². The van der Waals surface area contributed by atoms with Gasteiger partial charge in [-0.25, -0.2) is 4.79 Å². The minimum Gasteiger partial charge on any atom is -0.464 e. The van der Waals surface area contributed by atoms with Gasteiger partial charge in [0, 0.05) is 11.5 Å². The fourth-order valence-corrected chi connectivity index (χ4v) is 7.89. The van der Waals surface area contributed by atoms with Crippen molar-refractivity contribution in [2.45, 2.75) is 69.2 Å². The standard InChI is InChI=1S/C45H42O6/c1-3-30-17-19-33(20-18-30)43(46)48-35-23-25-36(26-24-35)51-47-29-45(2,34-13-5-4-6-14-34)44-49-39-27-21-31-11-7-9-15-37(31)41(39)42-38-16-10-8-12-32(38)22-28-40(42)50-44/h3-7,9,11,13-15,17-20,22-26,28,39,41,44H,1,8,10,12,16,21,27,29H2,2H3/t39-,41+,44?,45-/m1/s1. The molecule has 0 saturated carbocycles. The van der Waals surface area contributed by atoms with Gasteiger partial charge in [0.25, 0.3) is 0 Å². The summed E-state index contributed by atoms with van der Waals surface area (Å²) in [5, 5.41) is 0. The molecule has 1 unspecified atom stereocenters. The van der Waals surface area contributed by atoms with Gasteiger partial charge >= 0.3 is 5.97 Å². The van der Waals surface area contributed by atoms with E-state index in [1.165, 1.54) is 40.7 Å². The van der Waals surface area contributed by atoms with Gasteiger partial charge in [-0.2, -0.15) is 4.89 Å². The Balaban J connectivity index is 1.05. The number of aryl methyl sites for hydroxylation is 2. The second-order valence-electron chi connectivity index (χ2n) is 14.0. The lowest BCUT2D eigenvalue weighted by Crippen LogP contribution is -2.48. The first-order valence-electron chi connectivity index (χ1n) is 17.9. The summed E-state index contributed by atoms with van der Waals surface area (Å²) in [5.74, 6) is 1.43. The molecule has 8 rings (SSSR count). The Hall–Kier alpha value is -5.17. The summed E-state index contributed by atoms with van der Waals surface area (Å²) in [6.07, 6.45) is 7.46. The van der Waals surface area contributed by atoms with E-state index >= 15 is 0 Å². The maximum atomic E-state index is 12.7. The molecule has 0 saturated heterocycles. The third kappa shape index (κ3) is 6.58. The maximum Gasteiger partial charge on any atom is 0.343 e. The number of fused-ring (bicyclic) bond motifs is 7. The summed E-state index contributed by atoms with van der Waals surface area (Å²) >= 11 is 0. The number of esters is 1. The van der Waals surface area contributed by atoms with E-state index in [1.54, 1.807) is 42.5 Å². The first-order chi connectivity index (χ1) is 25.0. The monoisotopic (exact) mass is 678 g/mol. The van der Waals surface area contributed by atoms with Crippen LogP contribution in [0.15, 0.2) is 122 Å². The number of hydrogen-bond acceptors (Lipinski definition) is 6. The highest BCUT2D eigenvalue weighted by Crippen LogP contribution is 2.50. The minimum atomic E-state index is -0.739. The Morgan fingerprint density at radius 2 is 1.57 bits per heavy atom. The molecule has 5 aromatic rings. The zero-order valence-electron chi connectivity index (χ0n) is 28.9. The third-order valence-electron chi connectivity index (χ3n) is 10.7. The zero-order chi connectivity index (χ0) is 34.8. The molecule has 6 heteroatoms. The van der Waals surface area contributed by atoms with Gasteiger partial charge in [-0.1, -0.05) is 85.5 Å². The van der Waals surface area contributed by atoms with E-state index < -0.39 is 17.7 Å². The SMILES string of the molecule is C=Cc1ccc(C(=O)Oc2ccc(OOC[C@](C)(c3ccccc3)C3Oc4ccc5c(c4[C@H]4c6ccccc6CC[C@H]4O3)CCCC5)cc2)cc1. The van der Waals surface area contributed by atoms with E-state index in [4.69, 9.17) is 24.0 Å². The van der Waals surface area contributed by atoms with Crippen molar-refractivity contribution in [3.63, 3.8) is 0 Å². The Kier molecular flexibility index (Phi) is 9.20. The zero-order valence-corrected chi connectivity index (χ0v) is 28.9. The summed E-state index contributed by atoms with van der Waals surface area (Å²) in [6, 6.07) is 37.4. The molecule has 4 atom stereocenters. The molecule has 0 aromatic heterocycles. The molecule has 0 bridgehead atoms. The molecule has 5 aromatic carbocycles. The second-order valence-corrected chi connectivity index (χ2v) is 14.0. The number of rotatable bonds is 9. The molecule has 258 valence electrons. The van der Waals surface area contributed by atoms with E-state index in [0.717, 1.165) is 42.6 Å². The molecule has 2 aliphatic carbocycles. The molecule has 1 heterocycles. The number of carbonyl (C=O) groups is 1. The Morgan fingerprint density at radius 1 is 0.824 bits per heavy atom. The van der Waals surface area contributed by atoms with E-state index in [-0.39, 0.29) is 18.6 Å². The fraction of sp³-hybridized carbons (Fsp3) is 0.267. The maximum absolute atomic E-state index is 12.7. The largest absolute Gasteiger partial charge is 0.464 e. The van der Waals surface area contributed by atoms with Crippen molar-refractivity contribution in [2.24, 2.45) is 0 Å². The lowest BCUT2D eigenvalue weighted by atomic mass is 9.73. The smallest absolute Gasteiger partial charge is 0.343 e. The van der Waals surface area contributed by atoms with E-state index in [1.807, 2.05) is 30.3 Å². The normalized spacial score (nSPS) is 20.1. The third-order valence-corrected chi connectivity index (χ3v) is 10.7. The molecular formula is C45H42O6. The van der Waals surface area contributed by atoms with Crippen molar-refractivity contribution >= 4 is 12.0 Å². The lowest BCUT2D eigenvalue weighted by molar-refractivity contribution is -0.247. The van der Waals surface area contributed by atoms with Crippen molar-refractivity contribution in [1.82, 2.24) is 0 Å². The van der Waals surface area contributed by atoms with E-state index in [9.17, 15) is 4.79 Å². The topological polar surface area (TPSA) is 63.2 Å². The van der Waals surface area contributed by atoms with Gasteiger partial charge in [0.05, 0.1) is 17.1 Å². The summed E-state index contributed by atoms with van der Waals surface area (Å²) < 4.78 is 19.8. The van der Waals surface area contributed by atoms with Gasteiger partial charge in [-0.3, -0.25) is 0 Å². The number of benzene rings is 5. The van der Waals surface area contributed by atoms with Crippen LogP contribution in [-0.2, 0) is 34.3 Å². The number of hydrogen-bond donors (Lipinski definition) is 0. The molecule has 3 aliphatic rings. The van der Waals surface area contributed by atoms with Crippen LogP contribution < -0.4 is 14.4 Å². The highest BCUT2D eigenvalue weighted by molar-refractivity contribution is 5.91. The quantitative estimate of drug-likeness (QED) is 0.0670. The molecule has 0 amide bonds. The van der Waals surface area contributed by atoms with Crippen LogP contribution in [0.2, 0.25) is 0 Å². The second kappa shape index (κ2) is 14.2. The Morgan fingerprint density at radius 3 is 2.37 bits per heavy atom. The van der Waals surface area contributed by atoms with Crippen molar-refractivity contribution in [3.05, 3.63) is 166 Å². The van der Waals surface area contributed by atoms with Gasteiger partial charge < -0.3 is 19.1 Å². The highest BCUT2D eigenvalue weighted by Gasteiger charge is 2.47. The summed E-state index contributed by atoms with van der Waals surface area (Å²) in [4.78, 5) is 24.6. The van der Waals surface area contributed by atoms with Crippen LogP contribution in [0.3, 0.4) is 0 Å². The van der Waals surface area contributed by atoms with Crippen molar-refractivity contribution in [3.8, 4) is 17.2 Å². The average Bonchev–Trinajstić information content (AvgIpc) is 3.37. The summed E-state index contributed by atoms with van der Waals surface area (Å²) in [5.41, 5.74) is 8.59. The van der Waals surface area contributed by atoms with Crippen molar-refractivity contribution in [2.75, 3.05) is 6.61 Å². The molecular weight excluding hydrogens is 636 g/mol. The molecule has 0 radical (unpaired) electrons. The van der Waals surface area contributed by atoms with Crippen LogP contribution in [0.4, 0.5) is 0 Å². The van der Waals surface area contributed by atoms with Crippen LogP contribution in [0, 0.1) is 0 Å². The first-order valence-corrected chi connectivity index (χ1v) is 17.9. The molecule has 51 heavy (non-hydrogen) atoms. The number of ether oxygens (including phenoxy) is 3. The Labute approximate surface area is 299 Å². The van der Waals surface area contributed by atoms with Crippen LogP contribution in [-0.4, -0.2) is 25.0 Å². The van der Waals surface area contributed by atoms with Gasteiger partial charge in [0.2, 0.25) is 6.29 Å². The van der Waals surface area contributed by atoms with Gasteiger partial charge in [0.15, 0.2) is 5.75 Å². The van der Waals surface area contributed by atoms with Crippen LogP contribution >= 0.6 is 0 Å². The molecule has 0 fully saturated rings. The highest BCUT2D eigenvalue weighted by atomic mass is 17.2. The average molecular weight is 679 g/mol. The van der Waals surface area contributed by atoms with E-state index in [0.29, 0.717) is 17.1 Å². The number of carbonyl (C=O) groups excluding carboxylic acids is 1. The Bertz CT molecular complexity index is 2020. The van der Waals surface area contributed by atoms with Crippen LogP contribution in [0.1, 0.15) is 81.4 Å². The molecule has 0 spiro atoms. The summed E-state index contributed by atoms with van der Waals surface area (Å²) in [6.45, 7) is 6.03. The van der Waals surface area contributed by atoms with Gasteiger partial charge in [-0.15, -0.1) is 0 Å². The minimum absolute atomic E-state index is 0.0567. The van der Waals surface area contributed by atoms with Crippen molar-refractivity contribution < 1.29 is 28.8 Å².